The summed E-state index contributed by atoms with van der Waals surface area (Å²) < 4.78 is 31.2. The zero-order valence-corrected chi connectivity index (χ0v) is 20.7. The lowest BCUT2D eigenvalue weighted by atomic mass is 10.1. The molecule has 35 heavy (non-hydrogen) atoms. The Morgan fingerprint density at radius 2 is 1.09 bits per heavy atom. The van der Waals surface area contributed by atoms with Gasteiger partial charge in [0.15, 0.2) is 13.6 Å². The highest BCUT2D eigenvalue weighted by Gasteiger charge is 2.15. The molecule has 0 unspecified atom stereocenters. The summed E-state index contributed by atoms with van der Waals surface area (Å²) in [6.07, 6.45) is 2.35. The van der Waals surface area contributed by atoms with Crippen molar-refractivity contribution < 1.29 is 38.0 Å². The lowest BCUT2D eigenvalue weighted by Gasteiger charge is -2.13. The van der Waals surface area contributed by atoms with Gasteiger partial charge >= 0.3 is 0 Å². The molecular weight excluding hydrogens is 456 g/mol. The summed E-state index contributed by atoms with van der Waals surface area (Å²) in [5.74, 6) is 1.46. The molecule has 2 N–H and O–H groups in total. The van der Waals surface area contributed by atoms with Crippen LogP contribution < -0.4 is 29.6 Å². The summed E-state index contributed by atoms with van der Waals surface area (Å²) >= 11 is 0. The molecule has 0 aromatic heterocycles. The first-order chi connectivity index (χ1) is 17.0. The van der Waals surface area contributed by atoms with Crippen molar-refractivity contribution in [3.63, 3.8) is 0 Å². The van der Waals surface area contributed by atoms with Crippen molar-refractivity contribution in [3.05, 3.63) is 47.5 Å². The second kappa shape index (κ2) is 15.4. The van der Waals surface area contributed by atoms with Gasteiger partial charge in [-0.2, -0.15) is 0 Å². The van der Waals surface area contributed by atoms with Gasteiger partial charge in [0.25, 0.3) is 11.8 Å². The van der Waals surface area contributed by atoms with E-state index in [-0.39, 0.29) is 25.4 Å². The Kier molecular flexibility index (Phi) is 12.2. The minimum atomic E-state index is -0.241. The second-order valence-corrected chi connectivity index (χ2v) is 7.40. The molecule has 10 heteroatoms. The molecule has 2 aromatic carbocycles. The fourth-order valence-corrected chi connectivity index (χ4v) is 3.14. The average Bonchev–Trinajstić information content (AvgIpc) is 2.89. The Labute approximate surface area is 205 Å². The van der Waals surface area contributed by atoms with Gasteiger partial charge in [-0.1, -0.05) is 0 Å². The highest BCUT2D eigenvalue weighted by molar-refractivity contribution is 5.97. The van der Waals surface area contributed by atoms with E-state index in [0.29, 0.717) is 47.2 Å². The number of hydrogen-bond donors (Lipinski definition) is 2. The summed E-state index contributed by atoms with van der Waals surface area (Å²) in [6, 6.07) is 9.99. The van der Waals surface area contributed by atoms with Crippen LogP contribution >= 0.6 is 0 Å². The molecule has 0 saturated heterocycles. The third-order valence-corrected chi connectivity index (χ3v) is 4.96. The number of nitrogens with one attached hydrogen (secondary N) is 2. The van der Waals surface area contributed by atoms with Crippen molar-refractivity contribution in [2.45, 2.75) is 19.3 Å². The molecule has 10 nitrogen and oxygen atoms in total. The summed E-state index contributed by atoms with van der Waals surface area (Å²) in [5, 5.41) is 5.78. The molecule has 0 fully saturated rings. The van der Waals surface area contributed by atoms with Crippen molar-refractivity contribution in [2.75, 3.05) is 55.1 Å². The predicted octanol–water partition coefficient (Wildman–Crippen LogP) is 3.00. The number of methoxy groups -OCH3 is 4. The van der Waals surface area contributed by atoms with Crippen LogP contribution in [0.2, 0.25) is 0 Å². The van der Waals surface area contributed by atoms with Crippen molar-refractivity contribution in [1.82, 2.24) is 10.6 Å². The maximum Gasteiger partial charge on any atom is 0.255 e. The van der Waals surface area contributed by atoms with Gasteiger partial charge in [-0.3, -0.25) is 9.59 Å². The van der Waals surface area contributed by atoms with Gasteiger partial charge in [0.1, 0.15) is 23.0 Å². The molecule has 0 spiro atoms. The normalized spacial score (nSPS) is 10.4. The van der Waals surface area contributed by atoms with Gasteiger partial charge in [-0.15, -0.1) is 0 Å². The minimum absolute atomic E-state index is 0.0235. The smallest absolute Gasteiger partial charge is 0.255 e. The van der Waals surface area contributed by atoms with E-state index < -0.39 is 0 Å². The Morgan fingerprint density at radius 1 is 0.657 bits per heavy atom. The molecule has 2 aromatic rings. The second-order valence-electron chi connectivity index (χ2n) is 7.40. The van der Waals surface area contributed by atoms with Gasteiger partial charge < -0.3 is 39.1 Å². The Morgan fingerprint density at radius 3 is 1.46 bits per heavy atom. The lowest BCUT2D eigenvalue weighted by Crippen LogP contribution is -2.26. The Hall–Kier alpha value is -3.50. The van der Waals surface area contributed by atoms with Crippen LogP contribution in [-0.2, 0) is 9.47 Å². The first-order valence-corrected chi connectivity index (χ1v) is 11.2. The highest BCUT2D eigenvalue weighted by atomic mass is 16.7. The number of carbonyl (C=O) groups excluding carboxylic acids is 2. The van der Waals surface area contributed by atoms with E-state index in [1.807, 2.05) is 0 Å². The van der Waals surface area contributed by atoms with E-state index >= 15 is 0 Å². The van der Waals surface area contributed by atoms with Gasteiger partial charge in [-0.25, -0.2) is 0 Å². The predicted molar refractivity (Wildman–Crippen MR) is 130 cm³/mol. The van der Waals surface area contributed by atoms with Crippen molar-refractivity contribution in [2.24, 2.45) is 0 Å². The monoisotopic (exact) mass is 490 g/mol. The third-order valence-electron chi connectivity index (χ3n) is 4.96. The first kappa shape index (κ1) is 27.7. The molecule has 0 aliphatic heterocycles. The van der Waals surface area contributed by atoms with E-state index in [1.54, 1.807) is 50.6 Å². The lowest BCUT2D eigenvalue weighted by molar-refractivity contribution is 0.0497. The van der Waals surface area contributed by atoms with Gasteiger partial charge in [-0.05, 0) is 43.5 Å². The maximum absolute atomic E-state index is 12.6. The molecule has 2 rings (SSSR count). The molecule has 0 heterocycles. The van der Waals surface area contributed by atoms with Crippen LogP contribution in [0.1, 0.15) is 40.0 Å². The summed E-state index contributed by atoms with van der Waals surface area (Å²) in [5.41, 5.74) is 0.808. The number of hydrogen-bond acceptors (Lipinski definition) is 8. The quantitative estimate of drug-likeness (QED) is 0.273. The molecule has 0 saturated carbocycles. The minimum Gasteiger partial charge on any atom is -0.497 e. The van der Waals surface area contributed by atoms with Crippen LogP contribution in [0.25, 0.3) is 0 Å². The van der Waals surface area contributed by atoms with Crippen molar-refractivity contribution in [1.29, 1.82) is 0 Å². The standard InChI is InChI=1S/C25H34N2O8/c1-30-16-34-22-14-18(32-3)8-10-20(22)24(28)26-12-6-5-7-13-27-25(29)21-11-9-19(33-4)15-23(21)35-17-31-2/h8-11,14-15H,5-7,12-13,16-17H2,1-4H3,(H,26,28)(H,27,29). The molecule has 0 atom stereocenters. The molecule has 2 amide bonds. The largest absolute Gasteiger partial charge is 0.497 e. The fraction of sp³-hybridized carbons (Fsp3) is 0.440. The maximum atomic E-state index is 12.6. The summed E-state index contributed by atoms with van der Waals surface area (Å²) in [6.45, 7) is 1.04. The molecule has 0 aliphatic carbocycles. The van der Waals surface area contributed by atoms with Gasteiger partial charge in [0.05, 0.1) is 25.3 Å². The number of amides is 2. The zero-order chi connectivity index (χ0) is 25.5. The molecule has 192 valence electrons. The third kappa shape index (κ3) is 8.99. The molecular formula is C25H34N2O8. The van der Waals surface area contributed by atoms with Crippen LogP contribution in [0, 0.1) is 0 Å². The number of benzene rings is 2. The van der Waals surface area contributed by atoms with Crippen molar-refractivity contribution >= 4 is 11.8 Å². The van der Waals surface area contributed by atoms with Gasteiger partial charge in [0.2, 0.25) is 0 Å². The number of carbonyl (C=O) groups is 2. The van der Waals surface area contributed by atoms with E-state index in [1.165, 1.54) is 14.2 Å². The van der Waals surface area contributed by atoms with E-state index in [0.717, 1.165) is 19.3 Å². The van der Waals surface area contributed by atoms with E-state index in [2.05, 4.69) is 10.6 Å². The number of ether oxygens (including phenoxy) is 6. The van der Waals surface area contributed by atoms with Crippen LogP contribution in [0.15, 0.2) is 36.4 Å². The van der Waals surface area contributed by atoms with E-state index in [9.17, 15) is 9.59 Å². The van der Waals surface area contributed by atoms with E-state index in [4.69, 9.17) is 28.4 Å². The Balaban J connectivity index is 1.75. The molecule has 0 aliphatic rings. The van der Waals surface area contributed by atoms with Crippen LogP contribution in [-0.4, -0.2) is 66.9 Å². The average molecular weight is 491 g/mol. The van der Waals surface area contributed by atoms with Crippen molar-refractivity contribution in [3.8, 4) is 23.0 Å². The Bertz CT molecular complexity index is 876. The topological polar surface area (TPSA) is 114 Å². The van der Waals surface area contributed by atoms with Crippen LogP contribution in [0.5, 0.6) is 23.0 Å². The fourth-order valence-electron chi connectivity index (χ4n) is 3.14. The summed E-state index contributed by atoms with van der Waals surface area (Å²) in [4.78, 5) is 25.1. The zero-order valence-electron chi connectivity index (χ0n) is 20.7. The highest BCUT2D eigenvalue weighted by Crippen LogP contribution is 2.26. The molecule has 0 bridgehead atoms. The first-order valence-electron chi connectivity index (χ1n) is 11.2. The SMILES string of the molecule is COCOc1cc(OC)ccc1C(=O)NCCCCCNC(=O)c1ccc(OC)cc1OCOC. The van der Waals surface area contributed by atoms with Crippen LogP contribution in [0.4, 0.5) is 0 Å². The number of unbranched alkanes of at least 4 members (excludes halogenated alkanes) is 2. The summed E-state index contributed by atoms with van der Waals surface area (Å²) in [7, 11) is 6.10. The van der Waals surface area contributed by atoms with Crippen LogP contribution in [0.3, 0.4) is 0 Å². The molecule has 0 radical (unpaired) electrons. The number of rotatable bonds is 16. The van der Waals surface area contributed by atoms with Gasteiger partial charge in [0, 0.05) is 39.4 Å².